The summed E-state index contributed by atoms with van der Waals surface area (Å²) in [6, 6.07) is 3.95. The Kier molecular flexibility index (Phi) is 3.84. The highest BCUT2D eigenvalue weighted by Gasteiger charge is 2.50. The lowest BCUT2D eigenvalue weighted by Crippen LogP contribution is -2.37. The molecule has 1 aliphatic carbocycles. The maximum atomic E-state index is 12.0. The molecule has 1 aromatic heterocycles. The standard InChI is InChI=1S/C14H20N2O2/c1-3-4-11-18-13(17)16(2)14(7-8-14)12-5-9-15-10-6-12/h5-6,9-10H,3-4,7-8,11H2,1-2H3. The predicted octanol–water partition coefficient (Wildman–Crippen LogP) is 2.94. The Morgan fingerprint density at radius 2 is 2.11 bits per heavy atom. The van der Waals surface area contributed by atoms with Gasteiger partial charge in [0.05, 0.1) is 12.1 Å². The summed E-state index contributed by atoms with van der Waals surface area (Å²) in [6.07, 6.45) is 7.26. The van der Waals surface area contributed by atoms with Crippen molar-refractivity contribution in [3.05, 3.63) is 30.1 Å². The van der Waals surface area contributed by atoms with E-state index in [0.717, 1.165) is 31.2 Å². The van der Waals surface area contributed by atoms with Gasteiger partial charge in [0.25, 0.3) is 0 Å². The Morgan fingerprint density at radius 1 is 1.44 bits per heavy atom. The van der Waals surface area contributed by atoms with E-state index in [1.165, 1.54) is 0 Å². The molecule has 0 radical (unpaired) electrons. The van der Waals surface area contributed by atoms with Gasteiger partial charge in [0.15, 0.2) is 0 Å². The topological polar surface area (TPSA) is 42.4 Å². The van der Waals surface area contributed by atoms with Crippen molar-refractivity contribution in [2.45, 2.75) is 38.1 Å². The van der Waals surface area contributed by atoms with Gasteiger partial charge in [-0.3, -0.25) is 4.98 Å². The zero-order chi connectivity index (χ0) is 13.0. The van der Waals surface area contributed by atoms with Crippen LogP contribution in [0.15, 0.2) is 24.5 Å². The number of hydrogen-bond donors (Lipinski definition) is 0. The molecule has 0 atom stereocenters. The molecule has 1 aliphatic rings. The second-order valence-corrected chi connectivity index (χ2v) is 4.79. The van der Waals surface area contributed by atoms with Crippen molar-refractivity contribution in [2.75, 3.05) is 13.7 Å². The van der Waals surface area contributed by atoms with Crippen LogP contribution in [0.25, 0.3) is 0 Å². The lowest BCUT2D eigenvalue weighted by Gasteiger charge is -2.27. The molecule has 18 heavy (non-hydrogen) atoms. The van der Waals surface area contributed by atoms with Crippen LogP contribution in [0.4, 0.5) is 4.79 Å². The summed E-state index contributed by atoms with van der Waals surface area (Å²) in [5.41, 5.74) is 0.985. The van der Waals surface area contributed by atoms with Crippen molar-refractivity contribution >= 4 is 6.09 Å². The number of pyridine rings is 1. The Morgan fingerprint density at radius 3 is 2.67 bits per heavy atom. The van der Waals surface area contributed by atoms with Gasteiger partial charge in [0.1, 0.15) is 0 Å². The van der Waals surface area contributed by atoms with E-state index in [9.17, 15) is 4.79 Å². The van der Waals surface area contributed by atoms with Crippen molar-refractivity contribution in [2.24, 2.45) is 0 Å². The third kappa shape index (κ3) is 2.47. The van der Waals surface area contributed by atoms with Crippen molar-refractivity contribution in [1.82, 2.24) is 9.88 Å². The highest BCUT2D eigenvalue weighted by molar-refractivity contribution is 5.69. The molecule has 0 saturated heterocycles. The first kappa shape index (κ1) is 12.9. The molecule has 0 unspecified atom stereocenters. The molecule has 1 fully saturated rings. The minimum atomic E-state index is -0.224. The van der Waals surface area contributed by atoms with Gasteiger partial charge >= 0.3 is 6.09 Å². The van der Waals surface area contributed by atoms with Gasteiger partial charge in [0.2, 0.25) is 0 Å². The quantitative estimate of drug-likeness (QED) is 0.752. The van der Waals surface area contributed by atoms with Crippen LogP contribution in [0, 0.1) is 0 Å². The molecule has 0 N–H and O–H groups in total. The number of ether oxygens (including phenoxy) is 1. The van der Waals surface area contributed by atoms with Crippen LogP contribution in [0.3, 0.4) is 0 Å². The summed E-state index contributed by atoms with van der Waals surface area (Å²) in [4.78, 5) is 17.7. The van der Waals surface area contributed by atoms with E-state index in [4.69, 9.17) is 4.74 Å². The number of hydrogen-bond acceptors (Lipinski definition) is 3. The second-order valence-electron chi connectivity index (χ2n) is 4.79. The highest BCUT2D eigenvalue weighted by Crippen LogP contribution is 2.50. The summed E-state index contributed by atoms with van der Waals surface area (Å²) in [7, 11) is 1.82. The summed E-state index contributed by atoms with van der Waals surface area (Å²) in [5.74, 6) is 0. The molecule has 0 aromatic carbocycles. The van der Waals surface area contributed by atoms with Crippen LogP contribution in [0.5, 0.6) is 0 Å². The monoisotopic (exact) mass is 248 g/mol. The van der Waals surface area contributed by atoms with Crippen LogP contribution < -0.4 is 0 Å². The van der Waals surface area contributed by atoms with Gasteiger partial charge < -0.3 is 9.64 Å². The lowest BCUT2D eigenvalue weighted by molar-refractivity contribution is 0.0904. The normalized spacial score (nSPS) is 16.1. The molecule has 4 heteroatoms. The van der Waals surface area contributed by atoms with E-state index in [2.05, 4.69) is 11.9 Å². The van der Waals surface area contributed by atoms with Crippen LogP contribution in [0.2, 0.25) is 0 Å². The first-order valence-corrected chi connectivity index (χ1v) is 6.52. The van der Waals surface area contributed by atoms with Gasteiger partial charge in [-0.25, -0.2) is 4.79 Å². The number of aromatic nitrogens is 1. The van der Waals surface area contributed by atoms with Gasteiger partial charge in [-0.05, 0) is 37.0 Å². The van der Waals surface area contributed by atoms with Crippen molar-refractivity contribution < 1.29 is 9.53 Å². The first-order valence-electron chi connectivity index (χ1n) is 6.52. The fraction of sp³-hybridized carbons (Fsp3) is 0.571. The first-order chi connectivity index (χ1) is 8.70. The zero-order valence-electron chi connectivity index (χ0n) is 11.1. The molecular weight excluding hydrogens is 228 g/mol. The summed E-state index contributed by atoms with van der Waals surface area (Å²) in [5, 5.41) is 0. The molecule has 0 spiro atoms. The smallest absolute Gasteiger partial charge is 0.410 e. The van der Waals surface area contributed by atoms with E-state index in [0.29, 0.717) is 6.61 Å². The number of nitrogens with zero attached hydrogens (tertiary/aromatic N) is 2. The third-order valence-corrected chi connectivity index (χ3v) is 3.58. The highest BCUT2D eigenvalue weighted by atomic mass is 16.6. The van der Waals surface area contributed by atoms with Crippen molar-refractivity contribution in [1.29, 1.82) is 0 Å². The molecular formula is C14H20N2O2. The van der Waals surface area contributed by atoms with Crippen molar-refractivity contribution in [3.63, 3.8) is 0 Å². The van der Waals surface area contributed by atoms with Gasteiger partial charge in [-0.15, -0.1) is 0 Å². The number of amides is 1. The van der Waals surface area contributed by atoms with E-state index in [1.54, 1.807) is 17.3 Å². The summed E-state index contributed by atoms with van der Waals surface area (Å²) >= 11 is 0. The molecule has 1 amide bonds. The molecule has 1 saturated carbocycles. The van der Waals surface area contributed by atoms with E-state index in [-0.39, 0.29) is 11.6 Å². The van der Waals surface area contributed by atoms with Gasteiger partial charge in [-0.1, -0.05) is 13.3 Å². The Hall–Kier alpha value is -1.58. The minimum Gasteiger partial charge on any atom is -0.449 e. The number of rotatable bonds is 5. The largest absolute Gasteiger partial charge is 0.449 e. The molecule has 0 aliphatic heterocycles. The van der Waals surface area contributed by atoms with Gasteiger partial charge in [-0.2, -0.15) is 0 Å². The molecule has 1 heterocycles. The molecule has 4 nitrogen and oxygen atoms in total. The van der Waals surface area contributed by atoms with Crippen LogP contribution in [-0.2, 0) is 10.3 Å². The number of carbonyl (C=O) groups is 1. The van der Waals surface area contributed by atoms with Gasteiger partial charge in [0, 0.05) is 19.4 Å². The Bertz CT molecular complexity index is 402. The minimum absolute atomic E-state index is 0.160. The average molecular weight is 248 g/mol. The summed E-state index contributed by atoms with van der Waals surface area (Å²) in [6.45, 7) is 2.59. The predicted molar refractivity (Wildman–Crippen MR) is 69.2 cm³/mol. The maximum absolute atomic E-state index is 12.0. The fourth-order valence-electron chi connectivity index (χ4n) is 2.17. The van der Waals surface area contributed by atoms with E-state index < -0.39 is 0 Å². The number of carbonyl (C=O) groups excluding carboxylic acids is 1. The Balaban J connectivity index is 2.00. The van der Waals surface area contributed by atoms with Crippen LogP contribution >= 0.6 is 0 Å². The summed E-state index contributed by atoms with van der Waals surface area (Å²) < 4.78 is 5.26. The van der Waals surface area contributed by atoms with Crippen LogP contribution in [0.1, 0.15) is 38.2 Å². The lowest BCUT2D eigenvalue weighted by atomic mass is 10.1. The number of unbranched alkanes of at least 4 members (excludes halogenated alkanes) is 1. The average Bonchev–Trinajstić information content (AvgIpc) is 3.20. The third-order valence-electron chi connectivity index (χ3n) is 3.58. The molecule has 2 rings (SSSR count). The van der Waals surface area contributed by atoms with Crippen molar-refractivity contribution in [3.8, 4) is 0 Å². The van der Waals surface area contributed by atoms with E-state index in [1.807, 2.05) is 19.2 Å². The zero-order valence-corrected chi connectivity index (χ0v) is 11.1. The Labute approximate surface area is 108 Å². The van der Waals surface area contributed by atoms with Crippen LogP contribution in [-0.4, -0.2) is 29.6 Å². The van der Waals surface area contributed by atoms with E-state index >= 15 is 0 Å². The SMILES string of the molecule is CCCCOC(=O)N(C)C1(c2ccncc2)CC1. The molecule has 98 valence electrons. The second kappa shape index (κ2) is 5.38. The molecule has 1 aromatic rings. The fourth-order valence-corrected chi connectivity index (χ4v) is 2.17. The molecule has 0 bridgehead atoms. The maximum Gasteiger partial charge on any atom is 0.410 e.